The molecule has 0 fully saturated rings. The van der Waals surface area contributed by atoms with Crippen LogP contribution in [0.25, 0.3) is 0 Å². The first-order chi connectivity index (χ1) is 6.79. The molecular formula is C14H23N. The van der Waals surface area contributed by atoms with Crippen molar-refractivity contribution < 1.29 is 0 Å². The van der Waals surface area contributed by atoms with Crippen LogP contribution in [-0.4, -0.2) is 6.54 Å². The van der Waals surface area contributed by atoms with Gasteiger partial charge in [-0.2, -0.15) is 0 Å². The molecule has 0 saturated carbocycles. The van der Waals surface area contributed by atoms with Crippen molar-refractivity contribution in [2.24, 2.45) is 5.41 Å². The van der Waals surface area contributed by atoms with E-state index in [0.29, 0.717) is 5.41 Å². The first kappa shape index (κ1) is 12.1. The van der Waals surface area contributed by atoms with E-state index in [4.69, 9.17) is 0 Å². The summed E-state index contributed by atoms with van der Waals surface area (Å²) in [4.78, 5) is 0. The minimum atomic E-state index is 0.323. The highest BCUT2D eigenvalue weighted by Crippen LogP contribution is 2.23. The molecule has 0 saturated heterocycles. The van der Waals surface area contributed by atoms with Gasteiger partial charge in [0, 0.05) is 12.2 Å². The van der Waals surface area contributed by atoms with Gasteiger partial charge in [-0.3, -0.25) is 0 Å². The smallest absolute Gasteiger partial charge is 0.0399 e. The standard InChI is InChI=1S/C14H23N/c1-10-7-11(2)13(12(3)8-10)15-9-14(4,5)6/h7-8,15H,9H2,1-6H3. The predicted molar refractivity (Wildman–Crippen MR) is 68.6 cm³/mol. The number of nitrogens with one attached hydrogen (secondary N) is 1. The second kappa shape index (κ2) is 4.26. The van der Waals surface area contributed by atoms with Gasteiger partial charge in [-0.25, -0.2) is 0 Å². The zero-order chi connectivity index (χ0) is 11.6. The van der Waals surface area contributed by atoms with Crippen molar-refractivity contribution in [2.75, 3.05) is 11.9 Å². The van der Waals surface area contributed by atoms with Gasteiger partial charge in [0.1, 0.15) is 0 Å². The quantitative estimate of drug-likeness (QED) is 0.767. The van der Waals surface area contributed by atoms with Crippen LogP contribution in [0.1, 0.15) is 37.5 Å². The van der Waals surface area contributed by atoms with Crippen LogP contribution in [0.4, 0.5) is 5.69 Å². The lowest BCUT2D eigenvalue weighted by Gasteiger charge is -2.22. The third-order valence-corrected chi connectivity index (χ3v) is 2.47. The Morgan fingerprint density at radius 2 is 1.47 bits per heavy atom. The molecule has 1 heteroatoms. The average Bonchev–Trinajstić information content (AvgIpc) is 1.99. The molecule has 0 aliphatic carbocycles. The van der Waals surface area contributed by atoms with Crippen molar-refractivity contribution in [2.45, 2.75) is 41.5 Å². The maximum absolute atomic E-state index is 3.55. The van der Waals surface area contributed by atoms with Crippen LogP contribution in [-0.2, 0) is 0 Å². The molecule has 15 heavy (non-hydrogen) atoms. The predicted octanol–water partition coefficient (Wildman–Crippen LogP) is 4.07. The highest BCUT2D eigenvalue weighted by molar-refractivity contribution is 5.58. The maximum atomic E-state index is 3.55. The number of benzene rings is 1. The highest BCUT2D eigenvalue weighted by atomic mass is 14.9. The van der Waals surface area contributed by atoms with Crippen molar-refractivity contribution in [3.05, 3.63) is 28.8 Å². The minimum absolute atomic E-state index is 0.323. The van der Waals surface area contributed by atoms with Gasteiger partial charge >= 0.3 is 0 Å². The SMILES string of the molecule is Cc1cc(C)c(NCC(C)(C)C)c(C)c1. The summed E-state index contributed by atoms with van der Waals surface area (Å²) in [7, 11) is 0. The van der Waals surface area contributed by atoms with Crippen LogP contribution in [0.2, 0.25) is 0 Å². The van der Waals surface area contributed by atoms with E-state index in [0.717, 1.165) is 6.54 Å². The van der Waals surface area contributed by atoms with Crippen LogP contribution in [0, 0.1) is 26.2 Å². The summed E-state index contributed by atoms with van der Waals surface area (Å²) in [6.07, 6.45) is 0. The fraction of sp³-hybridized carbons (Fsp3) is 0.571. The molecule has 0 spiro atoms. The van der Waals surface area contributed by atoms with Gasteiger partial charge in [0.05, 0.1) is 0 Å². The lowest BCUT2D eigenvalue weighted by molar-refractivity contribution is 0.443. The summed E-state index contributed by atoms with van der Waals surface area (Å²) in [5.74, 6) is 0. The number of aryl methyl sites for hydroxylation is 3. The van der Waals surface area contributed by atoms with Crippen molar-refractivity contribution in [1.82, 2.24) is 0 Å². The Hall–Kier alpha value is -0.980. The van der Waals surface area contributed by atoms with Crippen LogP contribution < -0.4 is 5.32 Å². The highest BCUT2D eigenvalue weighted by Gasteiger charge is 2.11. The maximum Gasteiger partial charge on any atom is 0.0399 e. The van der Waals surface area contributed by atoms with E-state index in [1.807, 2.05) is 0 Å². The largest absolute Gasteiger partial charge is 0.384 e. The molecule has 1 aromatic rings. The third-order valence-electron chi connectivity index (χ3n) is 2.47. The molecule has 0 unspecified atom stereocenters. The minimum Gasteiger partial charge on any atom is -0.384 e. The fourth-order valence-electron chi connectivity index (χ4n) is 1.81. The molecule has 0 aliphatic heterocycles. The molecule has 84 valence electrons. The zero-order valence-electron chi connectivity index (χ0n) is 10.9. The number of hydrogen-bond acceptors (Lipinski definition) is 1. The van der Waals surface area contributed by atoms with Gasteiger partial charge in [0.15, 0.2) is 0 Å². The number of rotatable bonds is 2. The summed E-state index contributed by atoms with van der Waals surface area (Å²) < 4.78 is 0. The Balaban J connectivity index is 2.86. The van der Waals surface area contributed by atoms with E-state index >= 15 is 0 Å². The van der Waals surface area contributed by atoms with Crippen LogP contribution in [0.3, 0.4) is 0 Å². The molecule has 0 aliphatic rings. The second-order valence-corrected chi connectivity index (χ2v) is 5.69. The van der Waals surface area contributed by atoms with Gasteiger partial charge in [0.2, 0.25) is 0 Å². The number of hydrogen-bond donors (Lipinski definition) is 1. The molecule has 0 bridgehead atoms. The zero-order valence-corrected chi connectivity index (χ0v) is 10.9. The van der Waals surface area contributed by atoms with Crippen molar-refractivity contribution in [1.29, 1.82) is 0 Å². The van der Waals surface area contributed by atoms with E-state index in [1.165, 1.54) is 22.4 Å². The van der Waals surface area contributed by atoms with E-state index in [2.05, 4.69) is 59.0 Å². The first-order valence-electron chi connectivity index (χ1n) is 5.61. The molecule has 0 amide bonds. The summed E-state index contributed by atoms with van der Waals surface area (Å²) >= 11 is 0. The second-order valence-electron chi connectivity index (χ2n) is 5.69. The lowest BCUT2D eigenvalue weighted by atomic mass is 9.96. The molecule has 0 atom stereocenters. The van der Waals surface area contributed by atoms with Gasteiger partial charge in [-0.15, -0.1) is 0 Å². The van der Waals surface area contributed by atoms with E-state index in [-0.39, 0.29) is 0 Å². The topological polar surface area (TPSA) is 12.0 Å². The molecular weight excluding hydrogens is 182 g/mol. The van der Waals surface area contributed by atoms with Crippen LogP contribution in [0.5, 0.6) is 0 Å². The van der Waals surface area contributed by atoms with Crippen molar-refractivity contribution in [3.8, 4) is 0 Å². The Morgan fingerprint density at radius 3 is 1.87 bits per heavy atom. The van der Waals surface area contributed by atoms with E-state index < -0.39 is 0 Å². The lowest BCUT2D eigenvalue weighted by Crippen LogP contribution is -2.20. The van der Waals surface area contributed by atoms with Gasteiger partial charge < -0.3 is 5.32 Å². The van der Waals surface area contributed by atoms with Gasteiger partial charge in [-0.1, -0.05) is 38.5 Å². The molecule has 1 nitrogen and oxygen atoms in total. The summed E-state index contributed by atoms with van der Waals surface area (Å²) in [6.45, 7) is 14.2. The normalized spacial score (nSPS) is 11.6. The van der Waals surface area contributed by atoms with Crippen molar-refractivity contribution in [3.63, 3.8) is 0 Å². The van der Waals surface area contributed by atoms with Gasteiger partial charge in [-0.05, 0) is 37.3 Å². The Kier molecular flexibility index (Phi) is 3.43. The Bertz CT molecular complexity index is 322. The summed E-state index contributed by atoms with van der Waals surface area (Å²) in [6, 6.07) is 4.47. The molecule has 1 aromatic carbocycles. The molecule has 0 heterocycles. The first-order valence-corrected chi connectivity index (χ1v) is 5.61. The molecule has 0 radical (unpaired) electrons. The molecule has 0 aromatic heterocycles. The van der Waals surface area contributed by atoms with Crippen LogP contribution in [0.15, 0.2) is 12.1 Å². The van der Waals surface area contributed by atoms with Gasteiger partial charge in [0.25, 0.3) is 0 Å². The molecule has 1 rings (SSSR count). The number of anilines is 1. The summed E-state index contributed by atoms with van der Waals surface area (Å²) in [5.41, 5.74) is 5.65. The Labute approximate surface area is 93.9 Å². The summed E-state index contributed by atoms with van der Waals surface area (Å²) in [5, 5.41) is 3.55. The van der Waals surface area contributed by atoms with Crippen LogP contribution >= 0.6 is 0 Å². The monoisotopic (exact) mass is 205 g/mol. The third kappa shape index (κ3) is 3.58. The molecule has 1 N–H and O–H groups in total. The Morgan fingerprint density at radius 1 is 1.00 bits per heavy atom. The average molecular weight is 205 g/mol. The van der Waals surface area contributed by atoms with Crippen molar-refractivity contribution >= 4 is 5.69 Å². The fourth-order valence-corrected chi connectivity index (χ4v) is 1.81. The van der Waals surface area contributed by atoms with E-state index in [9.17, 15) is 0 Å². The van der Waals surface area contributed by atoms with E-state index in [1.54, 1.807) is 0 Å².